The summed E-state index contributed by atoms with van der Waals surface area (Å²) in [7, 11) is 2.76. The van der Waals surface area contributed by atoms with Crippen LogP contribution in [0.4, 0.5) is 0 Å². The van der Waals surface area contributed by atoms with E-state index in [1.807, 2.05) is 48.7 Å². The van der Waals surface area contributed by atoms with Crippen molar-refractivity contribution in [2.75, 3.05) is 0 Å². The summed E-state index contributed by atoms with van der Waals surface area (Å²) in [5.41, 5.74) is 2.71. The summed E-state index contributed by atoms with van der Waals surface area (Å²) in [6.07, 6.45) is 5.58. The van der Waals surface area contributed by atoms with Crippen LogP contribution in [0.2, 0.25) is 0 Å². The largest absolute Gasteiger partial charge is 0.347 e. The van der Waals surface area contributed by atoms with E-state index in [2.05, 4.69) is 38.9 Å². The lowest BCUT2D eigenvalue weighted by Crippen LogP contribution is -2.05. The maximum absolute atomic E-state index is 13.5. The highest BCUT2D eigenvalue weighted by Gasteiger charge is 2.18. The number of benzene rings is 3. The molecule has 4 rings (SSSR count). The maximum Gasteiger partial charge on any atom is 0.195 e. The van der Waals surface area contributed by atoms with Gasteiger partial charge in [-0.25, -0.2) is 0 Å². The third-order valence-electron chi connectivity index (χ3n) is 5.24. The summed E-state index contributed by atoms with van der Waals surface area (Å²) < 4.78 is 2.24. The van der Waals surface area contributed by atoms with E-state index in [0.717, 1.165) is 51.1 Å². The number of carbonyl (C=O) groups excluding carboxylic acids is 1. The van der Waals surface area contributed by atoms with Crippen LogP contribution in [0.1, 0.15) is 42.1 Å². The number of para-hydroxylation sites is 1. The van der Waals surface area contributed by atoms with E-state index in [-0.39, 0.29) is 5.78 Å². The third kappa shape index (κ3) is 3.31. The molecule has 2 nitrogen and oxygen atoms in total. The molecule has 0 amide bonds. The lowest BCUT2D eigenvalue weighted by atomic mass is 9.97. The zero-order valence-electron chi connectivity index (χ0n) is 15.6. The number of nitrogens with zero attached hydrogens (tertiary/aromatic N) is 1. The molecule has 3 aromatic carbocycles. The number of hydrogen-bond donors (Lipinski definition) is 0. The number of ketones is 1. The summed E-state index contributed by atoms with van der Waals surface area (Å²) >= 11 is 0. The van der Waals surface area contributed by atoms with Gasteiger partial charge in [-0.15, -0.1) is 9.24 Å². The molecule has 0 aliphatic rings. The number of aromatic nitrogens is 1. The number of aryl methyl sites for hydroxylation is 1. The van der Waals surface area contributed by atoms with Gasteiger partial charge >= 0.3 is 0 Å². The average molecular weight is 373 g/mol. The summed E-state index contributed by atoms with van der Waals surface area (Å²) in [6.45, 7) is 3.16. The van der Waals surface area contributed by atoms with Crippen molar-refractivity contribution in [2.45, 2.75) is 32.7 Å². The van der Waals surface area contributed by atoms with E-state index in [1.165, 1.54) is 12.8 Å². The molecule has 1 aromatic heterocycles. The molecule has 4 aromatic rings. The van der Waals surface area contributed by atoms with Gasteiger partial charge in [-0.3, -0.25) is 4.79 Å². The first-order chi connectivity index (χ1) is 13.2. The number of carbonyl (C=O) groups is 1. The number of rotatable bonds is 6. The molecule has 0 aliphatic heterocycles. The van der Waals surface area contributed by atoms with Crippen LogP contribution in [0, 0.1) is 0 Å². The zero-order chi connectivity index (χ0) is 18.8. The first kappa shape index (κ1) is 17.9. The van der Waals surface area contributed by atoms with Crippen LogP contribution < -0.4 is 5.30 Å². The van der Waals surface area contributed by atoms with Crippen LogP contribution in [-0.2, 0) is 6.54 Å². The minimum Gasteiger partial charge on any atom is -0.347 e. The topological polar surface area (TPSA) is 22.0 Å². The first-order valence-electron chi connectivity index (χ1n) is 9.60. The lowest BCUT2D eigenvalue weighted by molar-refractivity contribution is 0.104. The highest BCUT2D eigenvalue weighted by atomic mass is 31.0. The maximum atomic E-state index is 13.5. The monoisotopic (exact) mass is 373 g/mol. The van der Waals surface area contributed by atoms with Crippen molar-refractivity contribution in [3.05, 3.63) is 78.0 Å². The molecule has 0 spiro atoms. The second-order valence-corrected chi connectivity index (χ2v) is 7.66. The Hall–Kier alpha value is -2.44. The molecular formula is C24H24NOP. The van der Waals surface area contributed by atoms with Crippen molar-refractivity contribution in [1.82, 2.24) is 4.57 Å². The van der Waals surface area contributed by atoms with Crippen molar-refractivity contribution in [2.24, 2.45) is 0 Å². The molecule has 0 saturated carbocycles. The van der Waals surface area contributed by atoms with Gasteiger partial charge in [-0.2, -0.15) is 0 Å². The van der Waals surface area contributed by atoms with Crippen LogP contribution in [0.5, 0.6) is 0 Å². The molecule has 0 bridgehead atoms. The number of unbranched alkanes of at least 4 members (excludes halogenated alkanes) is 2. The van der Waals surface area contributed by atoms with Gasteiger partial charge in [-0.05, 0) is 34.6 Å². The van der Waals surface area contributed by atoms with Crippen LogP contribution in [0.3, 0.4) is 0 Å². The summed E-state index contributed by atoms with van der Waals surface area (Å²) in [5.74, 6) is 0.0987. The summed E-state index contributed by atoms with van der Waals surface area (Å²) in [6, 6.07) is 20.3. The average Bonchev–Trinajstić information content (AvgIpc) is 3.07. The van der Waals surface area contributed by atoms with Crippen LogP contribution in [-0.4, -0.2) is 10.4 Å². The first-order valence-corrected chi connectivity index (χ1v) is 10.2. The second kappa shape index (κ2) is 7.66. The molecule has 1 heterocycles. The molecule has 0 radical (unpaired) electrons. The Morgan fingerprint density at radius 2 is 1.56 bits per heavy atom. The Morgan fingerprint density at radius 3 is 2.33 bits per heavy atom. The van der Waals surface area contributed by atoms with E-state index < -0.39 is 0 Å². The molecule has 27 heavy (non-hydrogen) atoms. The van der Waals surface area contributed by atoms with Gasteiger partial charge in [0.2, 0.25) is 0 Å². The Kier molecular flexibility index (Phi) is 5.09. The SMILES string of the molecule is CCCCCn1cc(C(=O)c2ccc(P)c3ccccc23)c2ccccc21. The van der Waals surface area contributed by atoms with E-state index in [9.17, 15) is 4.79 Å². The highest BCUT2D eigenvalue weighted by molar-refractivity contribution is 7.28. The fourth-order valence-corrected chi connectivity index (χ4v) is 4.16. The van der Waals surface area contributed by atoms with Crippen LogP contribution >= 0.6 is 9.24 Å². The van der Waals surface area contributed by atoms with E-state index >= 15 is 0 Å². The fourth-order valence-electron chi connectivity index (χ4n) is 3.81. The Bertz CT molecular complexity index is 1130. The molecule has 0 saturated heterocycles. The van der Waals surface area contributed by atoms with E-state index in [0.29, 0.717) is 0 Å². The molecular weight excluding hydrogens is 349 g/mol. The Balaban J connectivity index is 1.83. The van der Waals surface area contributed by atoms with Crippen molar-refractivity contribution in [3.63, 3.8) is 0 Å². The molecule has 3 heteroatoms. The Morgan fingerprint density at radius 1 is 0.852 bits per heavy atom. The fraction of sp³-hybridized carbons (Fsp3) is 0.208. The van der Waals surface area contributed by atoms with Gasteiger partial charge in [0, 0.05) is 34.8 Å². The smallest absolute Gasteiger partial charge is 0.195 e. The van der Waals surface area contributed by atoms with Crippen molar-refractivity contribution >= 4 is 42.0 Å². The van der Waals surface area contributed by atoms with Gasteiger partial charge in [0.1, 0.15) is 0 Å². The quantitative estimate of drug-likeness (QED) is 0.241. The summed E-state index contributed by atoms with van der Waals surface area (Å²) in [4.78, 5) is 13.5. The number of fused-ring (bicyclic) bond motifs is 2. The molecule has 0 N–H and O–H groups in total. The van der Waals surface area contributed by atoms with Crippen molar-refractivity contribution in [3.8, 4) is 0 Å². The molecule has 136 valence electrons. The van der Waals surface area contributed by atoms with Gasteiger partial charge in [0.05, 0.1) is 0 Å². The molecule has 0 aliphatic carbocycles. The van der Waals surface area contributed by atoms with Gasteiger partial charge in [0.25, 0.3) is 0 Å². The second-order valence-electron chi connectivity index (χ2n) is 7.04. The standard InChI is InChI=1S/C24H24NOP/c1-2-3-8-15-25-16-21(18-10-6-7-12-22(18)25)24(26)20-13-14-23(27)19-11-5-4-9-17(19)20/h4-7,9-14,16H,2-3,8,15,27H2,1H3. The minimum absolute atomic E-state index is 0.0987. The van der Waals surface area contributed by atoms with Gasteiger partial charge in [-0.1, -0.05) is 68.3 Å². The van der Waals surface area contributed by atoms with Crippen molar-refractivity contribution in [1.29, 1.82) is 0 Å². The van der Waals surface area contributed by atoms with Gasteiger partial charge < -0.3 is 4.57 Å². The number of hydrogen-bond acceptors (Lipinski definition) is 1. The van der Waals surface area contributed by atoms with Crippen LogP contribution in [0.25, 0.3) is 21.7 Å². The lowest BCUT2D eigenvalue weighted by Gasteiger charge is -2.08. The highest BCUT2D eigenvalue weighted by Crippen LogP contribution is 2.27. The third-order valence-corrected chi connectivity index (χ3v) is 5.74. The van der Waals surface area contributed by atoms with Gasteiger partial charge in [0.15, 0.2) is 5.78 Å². The molecule has 1 unspecified atom stereocenters. The Labute approximate surface area is 162 Å². The zero-order valence-corrected chi connectivity index (χ0v) is 16.8. The van der Waals surface area contributed by atoms with Crippen LogP contribution in [0.15, 0.2) is 66.9 Å². The predicted octanol–water partition coefficient (Wildman–Crippen LogP) is 5.72. The normalized spacial score (nSPS) is 11.3. The van der Waals surface area contributed by atoms with E-state index in [1.54, 1.807) is 0 Å². The predicted molar refractivity (Wildman–Crippen MR) is 118 cm³/mol. The molecule has 0 fully saturated rings. The minimum atomic E-state index is 0.0987. The molecule has 1 atom stereocenters. The van der Waals surface area contributed by atoms with Crippen molar-refractivity contribution < 1.29 is 4.79 Å². The van der Waals surface area contributed by atoms with E-state index in [4.69, 9.17) is 0 Å². The summed E-state index contributed by atoms with van der Waals surface area (Å²) in [5, 5.41) is 4.28.